The van der Waals surface area contributed by atoms with Gasteiger partial charge in [0.15, 0.2) is 0 Å². The zero-order valence-corrected chi connectivity index (χ0v) is 13.3. The fourth-order valence-electron chi connectivity index (χ4n) is 2.48. The Bertz CT molecular complexity index is 589. The molecule has 4 nitrogen and oxygen atoms in total. The van der Waals surface area contributed by atoms with Crippen LogP contribution in [0, 0.1) is 0 Å². The van der Waals surface area contributed by atoms with Crippen molar-refractivity contribution in [1.82, 2.24) is 4.90 Å². The van der Waals surface area contributed by atoms with Crippen LogP contribution in [0.3, 0.4) is 0 Å². The van der Waals surface area contributed by atoms with E-state index in [-0.39, 0.29) is 12.0 Å². The minimum Gasteiger partial charge on any atom is -0.397 e. The summed E-state index contributed by atoms with van der Waals surface area (Å²) in [4.78, 5) is 16.4. The minimum absolute atomic E-state index is 0.00593. The molecule has 1 unspecified atom stereocenters. The van der Waals surface area contributed by atoms with Gasteiger partial charge in [-0.3, -0.25) is 4.79 Å². The molecule has 1 aliphatic rings. The molecule has 1 fully saturated rings. The van der Waals surface area contributed by atoms with E-state index in [1.165, 1.54) is 16.2 Å². The average molecular weight is 322 g/mol. The molecule has 1 atom stereocenters. The van der Waals surface area contributed by atoms with Crippen molar-refractivity contribution < 1.29 is 9.53 Å². The van der Waals surface area contributed by atoms with Gasteiger partial charge in [0.25, 0.3) is 5.91 Å². The second-order valence-electron chi connectivity index (χ2n) is 5.11. The Morgan fingerprint density at radius 1 is 1.38 bits per heavy atom. The highest BCUT2D eigenvalue weighted by molar-refractivity contribution is 7.12. The lowest BCUT2D eigenvalue weighted by molar-refractivity contribution is 0.0514. The lowest BCUT2D eigenvalue weighted by atomic mass is 10.2. The van der Waals surface area contributed by atoms with Crippen LogP contribution in [0.25, 0.3) is 0 Å². The van der Waals surface area contributed by atoms with Crippen molar-refractivity contribution in [3.05, 3.63) is 38.7 Å². The highest BCUT2D eigenvalue weighted by atomic mass is 32.1. The largest absolute Gasteiger partial charge is 0.397 e. The molecule has 3 heterocycles. The predicted molar refractivity (Wildman–Crippen MR) is 86.8 cm³/mol. The van der Waals surface area contributed by atoms with Gasteiger partial charge >= 0.3 is 0 Å². The molecule has 6 heteroatoms. The van der Waals surface area contributed by atoms with Crippen molar-refractivity contribution >= 4 is 34.3 Å². The number of ether oxygens (including phenoxy) is 1. The quantitative estimate of drug-likeness (QED) is 0.919. The number of anilines is 1. The third-order valence-electron chi connectivity index (χ3n) is 3.55. The van der Waals surface area contributed by atoms with Crippen LogP contribution in [0.4, 0.5) is 5.69 Å². The lowest BCUT2D eigenvalue weighted by Crippen LogP contribution is -2.36. The number of hydrogen-bond donors (Lipinski definition) is 1. The average Bonchev–Trinajstić information content (AvgIpc) is 3.19. The summed E-state index contributed by atoms with van der Waals surface area (Å²) in [6, 6.07) is 5.85. The summed E-state index contributed by atoms with van der Waals surface area (Å²) < 4.78 is 5.68. The number of carbonyl (C=O) groups is 1. The van der Waals surface area contributed by atoms with Crippen LogP contribution in [0.5, 0.6) is 0 Å². The summed E-state index contributed by atoms with van der Waals surface area (Å²) in [6.45, 7) is 2.05. The normalized spacial score (nSPS) is 18.0. The number of thiophene rings is 2. The minimum atomic E-state index is 0.00593. The Balaban J connectivity index is 1.77. The molecule has 2 N–H and O–H groups in total. The van der Waals surface area contributed by atoms with Crippen LogP contribution < -0.4 is 5.73 Å². The molecule has 1 saturated heterocycles. The Labute approximate surface area is 132 Å². The van der Waals surface area contributed by atoms with Gasteiger partial charge in [0.2, 0.25) is 0 Å². The Kier molecular flexibility index (Phi) is 4.57. The van der Waals surface area contributed by atoms with Crippen molar-refractivity contribution in [2.45, 2.75) is 25.5 Å². The number of nitrogen functional groups attached to an aromatic ring is 1. The zero-order chi connectivity index (χ0) is 14.7. The van der Waals surface area contributed by atoms with Gasteiger partial charge in [-0.15, -0.1) is 22.7 Å². The number of carbonyl (C=O) groups excluding carboxylic acids is 1. The van der Waals surface area contributed by atoms with Crippen molar-refractivity contribution in [3.8, 4) is 0 Å². The van der Waals surface area contributed by atoms with Gasteiger partial charge in [0, 0.05) is 18.0 Å². The maximum atomic E-state index is 12.7. The molecule has 112 valence electrons. The number of nitrogens with zero attached hydrogens (tertiary/aromatic N) is 1. The van der Waals surface area contributed by atoms with Crippen LogP contribution in [-0.2, 0) is 11.3 Å². The first-order valence-electron chi connectivity index (χ1n) is 7.00. The molecule has 2 aromatic heterocycles. The first-order chi connectivity index (χ1) is 10.2. The Morgan fingerprint density at radius 3 is 2.90 bits per heavy atom. The van der Waals surface area contributed by atoms with E-state index in [0.717, 1.165) is 19.4 Å². The molecular weight excluding hydrogens is 304 g/mol. The number of nitrogens with two attached hydrogens (primary N) is 1. The van der Waals surface area contributed by atoms with Crippen molar-refractivity contribution in [3.63, 3.8) is 0 Å². The SMILES string of the molecule is Nc1ccsc1C(=O)N(Cc1cccs1)CC1CCCO1. The maximum absolute atomic E-state index is 12.7. The van der Waals surface area contributed by atoms with Gasteiger partial charge in [0.1, 0.15) is 4.88 Å². The molecule has 0 bridgehead atoms. The van der Waals surface area contributed by atoms with Crippen LogP contribution in [0.2, 0.25) is 0 Å². The fraction of sp³-hybridized carbons (Fsp3) is 0.400. The van der Waals surface area contributed by atoms with Crippen molar-refractivity contribution in [1.29, 1.82) is 0 Å². The fourth-order valence-corrected chi connectivity index (χ4v) is 3.98. The summed E-state index contributed by atoms with van der Waals surface area (Å²) in [5, 5.41) is 3.89. The van der Waals surface area contributed by atoms with Gasteiger partial charge in [-0.2, -0.15) is 0 Å². The van der Waals surface area contributed by atoms with E-state index in [9.17, 15) is 4.79 Å². The molecule has 0 radical (unpaired) electrons. The van der Waals surface area contributed by atoms with Crippen LogP contribution in [0.1, 0.15) is 27.4 Å². The Hall–Kier alpha value is -1.37. The van der Waals surface area contributed by atoms with E-state index in [1.807, 2.05) is 21.7 Å². The van der Waals surface area contributed by atoms with Gasteiger partial charge in [-0.1, -0.05) is 6.07 Å². The molecule has 0 aliphatic carbocycles. The van der Waals surface area contributed by atoms with Crippen LogP contribution >= 0.6 is 22.7 Å². The third-order valence-corrected chi connectivity index (χ3v) is 5.33. The van der Waals surface area contributed by atoms with Crippen molar-refractivity contribution in [2.75, 3.05) is 18.9 Å². The van der Waals surface area contributed by atoms with E-state index < -0.39 is 0 Å². The summed E-state index contributed by atoms with van der Waals surface area (Å²) in [7, 11) is 0. The molecule has 1 amide bonds. The summed E-state index contributed by atoms with van der Waals surface area (Å²) in [5.74, 6) is 0.00593. The van der Waals surface area contributed by atoms with E-state index in [1.54, 1.807) is 17.4 Å². The molecule has 1 aliphatic heterocycles. The van der Waals surface area contributed by atoms with Crippen LogP contribution in [0.15, 0.2) is 29.0 Å². The second kappa shape index (κ2) is 6.60. The predicted octanol–water partition coefficient (Wildman–Crippen LogP) is 3.21. The third kappa shape index (κ3) is 3.45. The Morgan fingerprint density at radius 2 is 2.29 bits per heavy atom. The molecule has 0 aromatic carbocycles. The topological polar surface area (TPSA) is 55.6 Å². The molecule has 0 spiro atoms. The summed E-state index contributed by atoms with van der Waals surface area (Å²) in [6.07, 6.45) is 2.25. The van der Waals surface area contributed by atoms with Gasteiger partial charge in [0.05, 0.1) is 18.3 Å². The first-order valence-corrected chi connectivity index (χ1v) is 8.76. The molecule has 3 rings (SSSR count). The molecular formula is C15H18N2O2S2. The standard InChI is InChI=1S/C15H18N2O2S2/c16-13-5-8-21-14(13)15(18)17(9-11-3-1-6-19-11)10-12-4-2-7-20-12/h2,4-5,7-8,11H,1,3,6,9-10,16H2. The first kappa shape index (κ1) is 14.6. The van der Waals surface area contributed by atoms with Gasteiger partial charge in [-0.25, -0.2) is 0 Å². The van der Waals surface area contributed by atoms with E-state index in [4.69, 9.17) is 10.5 Å². The monoisotopic (exact) mass is 322 g/mol. The van der Waals surface area contributed by atoms with Crippen molar-refractivity contribution in [2.24, 2.45) is 0 Å². The number of rotatable bonds is 5. The second-order valence-corrected chi connectivity index (χ2v) is 7.05. The highest BCUT2D eigenvalue weighted by Gasteiger charge is 2.25. The molecule has 2 aromatic rings. The molecule has 21 heavy (non-hydrogen) atoms. The zero-order valence-electron chi connectivity index (χ0n) is 11.7. The van der Waals surface area contributed by atoms with Crippen LogP contribution in [-0.4, -0.2) is 30.1 Å². The highest BCUT2D eigenvalue weighted by Crippen LogP contribution is 2.24. The summed E-state index contributed by atoms with van der Waals surface area (Å²) >= 11 is 3.07. The van der Waals surface area contributed by atoms with E-state index in [2.05, 4.69) is 6.07 Å². The number of amides is 1. The van der Waals surface area contributed by atoms with E-state index in [0.29, 0.717) is 23.7 Å². The molecule has 0 saturated carbocycles. The van der Waals surface area contributed by atoms with E-state index >= 15 is 0 Å². The number of hydrogen-bond acceptors (Lipinski definition) is 5. The smallest absolute Gasteiger partial charge is 0.266 e. The van der Waals surface area contributed by atoms with Gasteiger partial charge in [-0.05, 0) is 35.7 Å². The lowest BCUT2D eigenvalue weighted by Gasteiger charge is -2.24. The van der Waals surface area contributed by atoms with Gasteiger partial charge < -0.3 is 15.4 Å². The summed E-state index contributed by atoms with van der Waals surface area (Å²) in [5.41, 5.74) is 6.46. The maximum Gasteiger partial charge on any atom is 0.266 e.